The number of nitrogens with two attached hydrogens (primary N) is 1. The van der Waals surface area contributed by atoms with Crippen molar-refractivity contribution in [1.82, 2.24) is 10.3 Å². The van der Waals surface area contributed by atoms with E-state index in [1.807, 2.05) is 26.8 Å². The summed E-state index contributed by atoms with van der Waals surface area (Å²) >= 11 is 4.89. The Kier molecular flexibility index (Phi) is 4.57. The van der Waals surface area contributed by atoms with Crippen molar-refractivity contribution >= 4 is 23.1 Å². The Morgan fingerprint density at radius 3 is 2.65 bits per heavy atom. The second kappa shape index (κ2) is 5.72. The molecule has 1 heterocycles. The van der Waals surface area contributed by atoms with Crippen LogP contribution in [0.3, 0.4) is 0 Å². The second-order valence-corrected chi connectivity index (χ2v) is 4.39. The first-order valence-corrected chi connectivity index (χ1v) is 5.91. The third-order valence-corrected chi connectivity index (χ3v) is 2.81. The van der Waals surface area contributed by atoms with Gasteiger partial charge in [-0.1, -0.05) is 19.1 Å². The van der Waals surface area contributed by atoms with E-state index in [0.717, 1.165) is 5.69 Å². The van der Waals surface area contributed by atoms with Gasteiger partial charge in [-0.05, 0) is 32.4 Å². The Bertz CT molecular complexity index is 445. The van der Waals surface area contributed by atoms with E-state index in [1.165, 1.54) is 0 Å². The normalized spacial score (nSPS) is 11.9. The molecular weight excluding hydrogens is 234 g/mol. The first-order chi connectivity index (χ1) is 7.95. The Morgan fingerprint density at radius 1 is 1.53 bits per heavy atom. The van der Waals surface area contributed by atoms with Gasteiger partial charge in [0.2, 0.25) is 0 Å². The van der Waals surface area contributed by atoms with Crippen LogP contribution >= 0.6 is 12.2 Å². The molecule has 1 atom stereocenters. The molecule has 0 saturated heterocycles. The van der Waals surface area contributed by atoms with E-state index in [2.05, 4.69) is 10.3 Å². The number of aryl methyl sites for hydroxylation is 2. The highest BCUT2D eigenvalue weighted by Crippen LogP contribution is 2.07. The number of hydrogen-bond acceptors (Lipinski definition) is 3. The number of hydrogen-bond donors (Lipinski definition) is 2. The van der Waals surface area contributed by atoms with Crippen LogP contribution in [-0.2, 0) is 0 Å². The Labute approximate surface area is 107 Å². The predicted molar refractivity (Wildman–Crippen MR) is 72.0 cm³/mol. The van der Waals surface area contributed by atoms with Crippen LogP contribution in [-0.4, -0.2) is 21.9 Å². The summed E-state index contributed by atoms with van der Waals surface area (Å²) in [6.45, 7) is 5.62. The Balaban J connectivity index is 2.86. The van der Waals surface area contributed by atoms with Crippen molar-refractivity contribution in [3.05, 3.63) is 29.1 Å². The van der Waals surface area contributed by atoms with E-state index in [1.54, 1.807) is 6.07 Å². The average Bonchev–Trinajstić information content (AvgIpc) is 2.24. The molecule has 0 fully saturated rings. The third-order valence-electron chi connectivity index (χ3n) is 2.53. The van der Waals surface area contributed by atoms with Gasteiger partial charge in [-0.3, -0.25) is 9.78 Å². The minimum absolute atomic E-state index is 0.186. The largest absolute Gasteiger partial charge is 0.392 e. The van der Waals surface area contributed by atoms with Crippen molar-refractivity contribution < 1.29 is 4.79 Å². The summed E-state index contributed by atoms with van der Waals surface area (Å²) in [5.41, 5.74) is 7.70. The summed E-state index contributed by atoms with van der Waals surface area (Å²) in [6.07, 6.45) is 0.680. The number of pyridine rings is 1. The number of nitrogens with zero attached hydrogens (tertiary/aromatic N) is 1. The van der Waals surface area contributed by atoms with Crippen molar-refractivity contribution in [2.45, 2.75) is 33.2 Å². The molecule has 1 aromatic rings. The van der Waals surface area contributed by atoms with Gasteiger partial charge in [-0.2, -0.15) is 0 Å². The van der Waals surface area contributed by atoms with Gasteiger partial charge in [0.15, 0.2) is 0 Å². The number of carbonyl (C=O) groups is 1. The summed E-state index contributed by atoms with van der Waals surface area (Å²) in [5, 5.41) is 2.80. The molecule has 92 valence electrons. The molecule has 1 amide bonds. The van der Waals surface area contributed by atoms with Crippen LogP contribution in [0.4, 0.5) is 0 Å². The van der Waals surface area contributed by atoms with Crippen LogP contribution in [0.25, 0.3) is 0 Å². The fourth-order valence-electron chi connectivity index (χ4n) is 1.54. The van der Waals surface area contributed by atoms with Gasteiger partial charge in [0, 0.05) is 5.69 Å². The van der Waals surface area contributed by atoms with E-state index < -0.39 is 0 Å². The fourth-order valence-corrected chi connectivity index (χ4v) is 1.76. The van der Waals surface area contributed by atoms with Crippen molar-refractivity contribution in [1.29, 1.82) is 0 Å². The molecule has 3 N–H and O–H groups in total. The third kappa shape index (κ3) is 3.49. The van der Waals surface area contributed by atoms with Crippen LogP contribution in [0.15, 0.2) is 12.1 Å². The maximum absolute atomic E-state index is 12.0. The first kappa shape index (κ1) is 13.6. The molecule has 0 bridgehead atoms. The summed E-state index contributed by atoms with van der Waals surface area (Å²) in [7, 11) is 0. The highest BCUT2D eigenvalue weighted by molar-refractivity contribution is 7.80. The fraction of sp³-hybridized carbons (Fsp3) is 0.417. The molecule has 0 aliphatic rings. The van der Waals surface area contributed by atoms with Crippen LogP contribution in [0.5, 0.6) is 0 Å². The lowest BCUT2D eigenvalue weighted by Crippen LogP contribution is -2.43. The zero-order valence-electron chi connectivity index (χ0n) is 10.3. The minimum Gasteiger partial charge on any atom is -0.392 e. The van der Waals surface area contributed by atoms with Crippen molar-refractivity contribution in [3.8, 4) is 0 Å². The van der Waals surface area contributed by atoms with E-state index in [0.29, 0.717) is 22.7 Å². The minimum atomic E-state index is -0.266. The Hall–Kier alpha value is -1.49. The average molecular weight is 251 g/mol. The standard InChI is InChI=1S/C12H17N3OS/c1-4-10(11(13)17)15-12(16)9-6-5-7(2)14-8(9)3/h5-6,10H,4H2,1-3H3,(H2,13,17)(H,15,16). The molecule has 0 aromatic carbocycles. The van der Waals surface area contributed by atoms with E-state index in [4.69, 9.17) is 18.0 Å². The van der Waals surface area contributed by atoms with Gasteiger partial charge < -0.3 is 11.1 Å². The second-order valence-electron chi connectivity index (χ2n) is 3.92. The molecule has 0 aliphatic carbocycles. The molecule has 1 unspecified atom stereocenters. The molecule has 1 aromatic heterocycles. The number of rotatable bonds is 4. The number of aromatic nitrogens is 1. The van der Waals surface area contributed by atoms with Crippen LogP contribution in [0, 0.1) is 13.8 Å². The van der Waals surface area contributed by atoms with Crippen molar-refractivity contribution in [3.63, 3.8) is 0 Å². The van der Waals surface area contributed by atoms with Gasteiger partial charge in [0.05, 0.1) is 22.3 Å². The van der Waals surface area contributed by atoms with Crippen molar-refractivity contribution in [2.75, 3.05) is 0 Å². The number of thiocarbonyl (C=S) groups is 1. The lowest BCUT2D eigenvalue weighted by atomic mass is 10.1. The summed E-state index contributed by atoms with van der Waals surface area (Å²) in [5.74, 6) is -0.186. The van der Waals surface area contributed by atoms with Crippen molar-refractivity contribution in [2.24, 2.45) is 5.73 Å². The summed E-state index contributed by atoms with van der Waals surface area (Å²) < 4.78 is 0. The number of carbonyl (C=O) groups excluding carboxylic acids is 1. The molecular formula is C12H17N3OS. The van der Waals surface area contributed by atoms with Crippen LogP contribution in [0.1, 0.15) is 35.1 Å². The van der Waals surface area contributed by atoms with Gasteiger partial charge >= 0.3 is 0 Å². The lowest BCUT2D eigenvalue weighted by molar-refractivity contribution is 0.0945. The maximum Gasteiger partial charge on any atom is 0.253 e. The monoisotopic (exact) mass is 251 g/mol. The van der Waals surface area contributed by atoms with Crippen LogP contribution in [0.2, 0.25) is 0 Å². The lowest BCUT2D eigenvalue weighted by Gasteiger charge is -2.16. The molecule has 5 heteroatoms. The molecule has 0 aliphatic heterocycles. The maximum atomic E-state index is 12.0. The summed E-state index contributed by atoms with van der Waals surface area (Å²) in [6, 6.07) is 3.31. The highest BCUT2D eigenvalue weighted by Gasteiger charge is 2.16. The van der Waals surface area contributed by atoms with Gasteiger partial charge in [0.25, 0.3) is 5.91 Å². The quantitative estimate of drug-likeness (QED) is 0.796. The highest BCUT2D eigenvalue weighted by atomic mass is 32.1. The van der Waals surface area contributed by atoms with E-state index in [-0.39, 0.29) is 11.9 Å². The first-order valence-electron chi connectivity index (χ1n) is 5.50. The van der Waals surface area contributed by atoms with E-state index in [9.17, 15) is 4.79 Å². The predicted octanol–water partition coefficient (Wildman–Crippen LogP) is 1.49. The van der Waals surface area contributed by atoms with E-state index >= 15 is 0 Å². The molecule has 0 spiro atoms. The molecule has 0 radical (unpaired) electrons. The zero-order chi connectivity index (χ0) is 13.0. The van der Waals surface area contributed by atoms with Gasteiger partial charge in [0.1, 0.15) is 0 Å². The van der Waals surface area contributed by atoms with Crippen LogP contribution < -0.4 is 11.1 Å². The topological polar surface area (TPSA) is 68.0 Å². The van der Waals surface area contributed by atoms with Gasteiger partial charge in [-0.15, -0.1) is 0 Å². The number of amides is 1. The number of nitrogens with one attached hydrogen (secondary N) is 1. The molecule has 1 rings (SSSR count). The summed E-state index contributed by atoms with van der Waals surface area (Å²) in [4.78, 5) is 16.5. The smallest absolute Gasteiger partial charge is 0.253 e. The SMILES string of the molecule is CCC(NC(=O)c1ccc(C)nc1C)C(N)=S. The van der Waals surface area contributed by atoms with Gasteiger partial charge in [-0.25, -0.2) is 0 Å². The molecule has 0 saturated carbocycles. The Morgan fingerprint density at radius 2 is 2.18 bits per heavy atom. The molecule has 4 nitrogen and oxygen atoms in total. The zero-order valence-corrected chi connectivity index (χ0v) is 11.1. The molecule has 17 heavy (non-hydrogen) atoms.